The molecule has 3 rings (SSSR count). The molecule has 1 aromatic rings. The van der Waals surface area contributed by atoms with Crippen LogP contribution in [0.3, 0.4) is 0 Å². The summed E-state index contributed by atoms with van der Waals surface area (Å²) in [5.74, 6) is -1.42. The lowest BCUT2D eigenvalue weighted by molar-refractivity contribution is -0.112. The topological polar surface area (TPSA) is 80.3 Å². The van der Waals surface area contributed by atoms with Gasteiger partial charge in [0.15, 0.2) is 0 Å². The molecule has 0 atom stereocenters. The quantitative estimate of drug-likeness (QED) is 0.631. The normalized spacial score (nSPS) is 17.9. The van der Waals surface area contributed by atoms with E-state index in [2.05, 4.69) is 5.32 Å². The van der Waals surface area contributed by atoms with Crippen LogP contribution in [0.5, 0.6) is 0 Å². The van der Waals surface area contributed by atoms with E-state index in [1.807, 2.05) is 0 Å². The third-order valence-corrected chi connectivity index (χ3v) is 4.95. The number of fused-ring (bicyclic) bond motifs is 3. The highest BCUT2D eigenvalue weighted by molar-refractivity contribution is 8.13. The van der Waals surface area contributed by atoms with Crippen LogP contribution in [0.2, 0.25) is 0 Å². The van der Waals surface area contributed by atoms with Gasteiger partial charge in [0.1, 0.15) is 0 Å². The van der Waals surface area contributed by atoms with Gasteiger partial charge in [-0.05, 0) is 42.9 Å². The summed E-state index contributed by atoms with van der Waals surface area (Å²) in [7, 11) is 1.51. The lowest BCUT2D eigenvalue weighted by atomic mass is 9.88. The molecular formula is C12H10ClNO4S. The maximum atomic E-state index is 11.7. The number of carbonyl (C=O) groups excluding carboxylic acids is 2. The Morgan fingerprint density at radius 3 is 2.37 bits per heavy atom. The first-order chi connectivity index (χ1) is 8.89. The molecule has 1 heterocycles. The van der Waals surface area contributed by atoms with Crippen LogP contribution in [0.1, 0.15) is 34.3 Å². The smallest absolute Gasteiger partial charge is 0.296 e. The minimum Gasteiger partial charge on any atom is -0.318 e. The number of ketones is 1. The zero-order valence-electron chi connectivity index (χ0n) is 9.82. The summed E-state index contributed by atoms with van der Waals surface area (Å²) in [4.78, 5) is 23.1. The first kappa shape index (κ1) is 12.6. The van der Waals surface area contributed by atoms with Crippen molar-refractivity contribution < 1.29 is 18.0 Å². The third kappa shape index (κ3) is 1.86. The van der Waals surface area contributed by atoms with Gasteiger partial charge in [-0.1, -0.05) is 0 Å². The van der Waals surface area contributed by atoms with Gasteiger partial charge in [-0.2, -0.15) is 0 Å². The zero-order chi connectivity index (χ0) is 13.8. The Balaban J connectivity index is 2.36. The maximum Gasteiger partial charge on any atom is 0.296 e. The molecule has 0 radical (unpaired) electrons. The van der Waals surface area contributed by atoms with Gasteiger partial charge >= 0.3 is 0 Å². The first-order valence-corrected chi connectivity index (χ1v) is 8.19. The fourth-order valence-electron chi connectivity index (χ4n) is 2.74. The summed E-state index contributed by atoms with van der Waals surface area (Å²) < 4.78 is 23.3. The van der Waals surface area contributed by atoms with Crippen LogP contribution in [0.4, 0.5) is 5.69 Å². The predicted octanol–water partition coefficient (Wildman–Crippen LogP) is 1.63. The molecular weight excluding hydrogens is 290 g/mol. The van der Waals surface area contributed by atoms with Crippen LogP contribution in [0, 0.1) is 0 Å². The third-order valence-electron chi connectivity index (χ3n) is 3.56. The minimum absolute atomic E-state index is 0.0348. The molecule has 19 heavy (non-hydrogen) atoms. The number of carbonyl (C=O) groups is 2. The first-order valence-electron chi connectivity index (χ1n) is 5.88. The number of amides is 1. The molecule has 0 fully saturated rings. The van der Waals surface area contributed by atoms with Gasteiger partial charge in [0.2, 0.25) is 0 Å². The molecule has 0 saturated carbocycles. The van der Waals surface area contributed by atoms with E-state index in [9.17, 15) is 18.0 Å². The summed E-state index contributed by atoms with van der Waals surface area (Å²) in [6, 6.07) is 1.22. The van der Waals surface area contributed by atoms with Crippen molar-refractivity contribution in [2.24, 2.45) is 0 Å². The number of rotatable bonds is 1. The largest absolute Gasteiger partial charge is 0.318 e. The molecule has 0 spiro atoms. The van der Waals surface area contributed by atoms with Gasteiger partial charge in [-0.25, -0.2) is 8.42 Å². The van der Waals surface area contributed by atoms with Gasteiger partial charge in [-0.15, -0.1) is 0 Å². The van der Waals surface area contributed by atoms with Crippen molar-refractivity contribution in [3.63, 3.8) is 0 Å². The van der Waals surface area contributed by atoms with Crippen molar-refractivity contribution in [1.29, 1.82) is 0 Å². The Bertz CT molecular complexity index is 724. The SMILES string of the molecule is O=C1Nc2c(cc(S(=O)(=O)Cl)c3c2CCCC3)C1=O. The summed E-state index contributed by atoms with van der Waals surface area (Å²) in [5, 5.41) is 2.53. The van der Waals surface area contributed by atoms with E-state index in [4.69, 9.17) is 10.7 Å². The molecule has 1 aromatic carbocycles. The van der Waals surface area contributed by atoms with Crippen LogP contribution < -0.4 is 5.32 Å². The summed E-state index contributed by atoms with van der Waals surface area (Å²) >= 11 is 0. The average Bonchev–Trinajstić information content (AvgIpc) is 2.64. The van der Waals surface area contributed by atoms with Crippen molar-refractivity contribution >= 4 is 37.1 Å². The number of nitrogens with one attached hydrogen (secondary N) is 1. The van der Waals surface area contributed by atoms with Crippen LogP contribution in [0.25, 0.3) is 0 Å². The molecule has 0 aromatic heterocycles. The molecule has 2 aliphatic rings. The lowest BCUT2D eigenvalue weighted by Crippen LogP contribution is -2.13. The second kappa shape index (κ2) is 4.05. The number of hydrogen-bond donors (Lipinski definition) is 1. The van der Waals surface area contributed by atoms with E-state index < -0.39 is 20.7 Å². The summed E-state index contributed by atoms with van der Waals surface area (Å²) in [6.45, 7) is 0. The number of hydrogen-bond acceptors (Lipinski definition) is 4. The molecule has 100 valence electrons. The Labute approximate surface area is 114 Å². The Kier molecular flexibility index (Phi) is 2.69. The van der Waals surface area contributed by atoms with E-state index in [1.54, 1.807) is 0 Å². The second-order valence-corrected chi connectivity index (χ2v) is 7.22. The number of benzene rings is 1. The van der Waals surface area contributed by atoms with Crippen LogP contribution in [-0.2, 0) is 26.7 Å². The molecule has 1 amide bonds. The number of anilines is 1. The monoisotopic (exact) mass is 299 g/mol. The Morgan fingerprint density at radius 2 is 1.74 bits per heavy atom. The van der Waals surface area contributed by atoms with Crippen molar-refractivity contribution in [3.8, 4) is 0 Å². The van der Waals surface area contributed by atoms with Gasteiger partial charge in [-0.3, -0.25) is 9.59 Å². The molecule has 1 N–H and O–H groups in total. The molecule has 1 aliphatic carbocycles. The van der Waals surface area contributed by atoms with Gasteiger partial charge < -0.3 is 5.32 Å². The molecule has 0 unspecified atom stereocenters. The second-order valence-electron chi connectivity index (χ2n) is 4.68. The van der Waals surface area contributed by atoms with E-state index >= 15 is 0 Å². The summed E-state index contributed by atoms with van der Waals surface area (Å²) in [6.07, 6.45) is 3.00. The Morgan fingerprint density at radius 1 is 1.11 bits per heavy atom. The highest BCUT2D eigenvalue weighted by Crippen LogP contribution is 2.39. The molecule has 7 heteroatoms. The van der Waals surface area contributed by atoms with Crippen molar-refractivity contribution in [1.82, 2.24) is 0 Å². The number of halogens is 1. The van der Waals surface area contributed by atoms with Crippen molar-refractivity contribution in [2.45, 2.75) is 30.6 Å². The van der Waals surface area contributed by atoms with E-state index in [1.165, 1.54) is 6.07 Å². The molecule has 5 nitrogen and oxygen atoms in total. The number of Topliss-reactive ketones (excluding diaryl/α,β-unsaturated/α-hetero) is 1. The zero-order valence-corrected chi connectivity index (χ0v) is 11.4. The van der Waals surface area contributed by atoms with Crippen molar-refractivity contribution in [3.05, 3.63) is 22.8 Å². The average molecular weight is 300 g/mol. The van der Waals surface area contributed by atoms with Crippen LogP contribution >= 0.6 is 10.7 Å². The highest BCUT2D eigenvalue weighted by Gasteiger charge is 2.35. The van der Waals surface area contributed by atoms with Gasteiger partial charge in [0.25, 0.3) is 20.7 Å². The maximum absolute atomic E-state index is 11.7. The molecule has 1 aliphatic heterocycles. The van der Waals surface area contributed by atoms with Crippen molar-refractivity contribution in [2.75, 3.05) is 5.32 Å². The van der Waals surface area contributed by atoms with E-state index in [-0.39, 0.29) is 10.5 Å². The molecule has 0 saturated heterocycles. The highest BCUT2D eigenvalue weighted by atomic mass is 35.7. The van der Waals surface area contributed by atoms with E-state index in [0.29, 0.717) is 24.1 Å². The van der Waals surface area contributed by atoms with Crippen LogP contribution in [0.15, 0.2) is 11.0 Å². The minimum atomic E-state index is -3.93. The van der Waals surface area contributed by atoms with Gasteiger partial charge in [0, 0.05) is 10.7 Å². The van der Waals surface area contributed by atoms with Gasteiger partial charge in [0.05, 0.1) is 16.1 Å². The van der Waals surface area contributed by atoms with E-state index in [0.717, 1.165) is 18.4 Å². The lowest BCUT2D eigenvalue weighted by Gasteiger charge is -2.20. The summed E-state index contributed by atoms with van der Waals surface area (Å²) in [5.41, 5.74) is 1.95. The Hall–Kier alpha value is -1.40. The van der Waals surface area contributed by atoms with Crippen LogP contribution in [-0.4, -0.2) is 20.1 Å². The molecule has 0 bridgehead atoms. The standard InChI is InChI=1S/C12H10ClNO4S/c13-19(17,18)9-5-8-10(14-12(16)11(8)15)7-4-2-1-3-6(7)9/h5H,1-4H2,(H,14,15,16). The predicted molar refractivity (Wildman–Crippen MR) is 69.1 cm³/mol. The fraction of sp³-hybridized carbons (Fsp3) is 0.333. The fourth-order valence-corrected chi connectivity index (χ4v) is 3.93.